The summed E-state index contributed by atoms with van der Waals surface area (Å²) < 4.78 is 2.12. The number of benzene rings is 2. The van der Waals surface area contributed by atoms with Crippen LogP contribution in [0.2, 0.25) is 0 Å². The Balaban J connectivity index is 1.83. The molecule has 2 aromatic carbocycles. The Bertz CT molecular complexity index is 884. The molecule has 24 heavy (non-hydrogen) atoms. The van der Waals surface area contributed by atoms with E-state index in [1.165, 1.54) is 12.5 Å². The van der Waals surface area contributed by atoms with Crippen LogP contribution in [0.1, 0.15) is 22.8 Å². The van der Waals surface area contributed by atoms with Crippen molar-refractivity contribution < 1.29 is 14.7 Å². The molecule has 0 fully saturated rings. The van der Waals surface area contributed by atoms with Gasteiger partial charge in [-0.1, -0.05) is 30.3 Å². The van der Waals surface area contributed by atoms with Crippen molar-refractivity contribution in [2.75, 3.05) is 0 Å². The Kier molecular flexibility index (Phi) is 4.33. The monoisotopic (exact) mass is 322 g/mol. The first-order valence-corrected chi connectivity index (χ1v) is 7.71. The van der Waals surface area contributed by atoms with Crippen LogP contribution in [-0.2, 0) is 11.3 Å². The highest BCUT2D eigenvalue weighted by Gasteiger charge is 2.15. The van der Waals surface area contributed by atoms with Crippen LogP contribution in [0, 0.1) is 0 Å². The number of rotatable bonds is 5. The highest BCUT2D eigenvalue weighted by molar-refractivity contribution is 5.99. The van der Waals surface area contributed by atoms with E-state index in [1.54, 1.807) is 12.1 Å². The summed E-state index contributed by atoms with van der Waals surface area (Å²) in [6.45, 7) is 2.20. The van der Waals surface area contributed by atoms with E-state index in [1.807, 2.05) is 36.5 Å². The van der Waals surface area contributed by atoms with Gasteiger partial charge in [0.25, 0.3) is 5.91 Å². The molecule has 1 atom stereocenters. The second-order valence-corrected chi connectivity index (χ2v) is 5.74. The minimum atomic E-state index is -1.06. The van der Waals surface area contributed by atoms with Gasteiger partial charge in [0.05, 0.1) is 0 Å². The van der Waals surface area contributed by atoms with Crippen molar-refractivity contribution in [3.05, 3.63) is 71.9 Å². The maximum atomic E-state index is 12.1. The first-order valence-electron chi connectivity index (χ1n) is 7.71. The molecule has 1 amide bonds. The lowest BCUT2D eigenvalue weighted by Crippen LogP contribution is -2.38. The van der Waals surface area contributed by atoms with Crippen LogP contribution in [0.3, 0.4) is 0 Å². The standard InChI is InChI=1S/C19H18N2O3/c1-13(19(23)24)20-18(22)16-7-8-17-15(11-16)9-10-21(17)12-14-5-3-2-4-6-14/h2-11,13H,12H2,1H3,(H,20,22)(H,23,24)/t13-/m0/s1. The molecule has 0 aliphatic carbocycles. The van der Waals surface area contributed by atoms with E-state index < -0.39 is 12.0 Å². The Morgan fingerprint density at radius 2 is 1.88 bits per heavy atom. The molecular weight excluding hydrogens is 304 g/mol. The number of hydrogen-bond donors (Lipinski definition) is 2. The fourth-order valence-electron chi connectivity index (χ4n) is 2.60. The second kappa shape index (κ2) is 6.58. The summed E-state index contributed by atoms with van der Waals surface area (Å²) >= 11 is 0. The average molecular weight is 322 g/mol. The summed E-state index contributed by atoms with van der Waals surface area (Å²) in [5.41, 5.74) is 2.68. The molecule has 5 heteroatoms. The lowest BCUT2D eigenvalue weighted by Gasteiger charge is -2.10. The van der Waals surface area contributed by atoms with Gasteiger partial charge in [0.1, 0.15) is 6.04 Å². The molecule has 2 N–H and O–H groups in total. The number of aromatic nitrogens is 1. The van der Waals surface area contributed by atoms with E-state index in [-0.39, 0.29) is 5.91 Å². The van der Waals surface area contributed by atoms with E-state index in [4.69, 9.17) is 5.11 Å². The molecule has 0 saturated heterocycles. The van der Waals surface area contributed by atoms with Crippen LogP contribution in [0.25, 0.3) is 10.9 Å². The SMILES string of the molecule is C[C@H](NC(=O)c1ccc2c(ccn2Cc2ccccc2)c1)C(=O)O. The minimum Gasteiger partial charge on any atom is -0.480 e. The predicted octanol–water partition coefficient (Wildman–Crippen LogP) is 2.89. The van der Waals surface area contributed by atoms with E-state index in [2.05, 4.69) is 22.0 Å². The van der Waals surface area contributed by atoms with Gasteiger partial charge in [-0.05, 0) is 36.8 Å². The van der Waals surface area contributed by atoms with Crippen molar-refractivity contribution in [1.29, 1.82) is 0 Å². The smallest absolute Gasteiger partial charge is 0.325 e. The summed E-state index contributed by atoms with van der Waals surface area (Å²) in [5, 5.41) is 12.3. The van der Waals surface area contributed by atoms with E-state index in [0.717, 1.165) is 17.4 Å². The number of nitrogens with zero attached hydrogens (tertiary/aromatic N) is 1. The third-order valence-electron chi connectivity index (χ3n) is 3.95. The first-order chi connectivity index (χ1) is 11.5. The molecule has 3 rings (SSSR count). The van der Waals surface area contributed by atoms with Gasteiger partial charge in [-0.15, -0.1) is 0 Å². The number of carbonyl (C=O) groups excluding carboxylic acids is 1. The van der Waals surface area contributed by atoms with E-state index in [9.17, 15) is 9.59 Å². The Morgan fingerprint density at radius 3 is 2.58 bits per heavy atom. The first kappa shape index (κ1) is 15.8. The van der Waals surface area contributed by atoms with Crippen LogP contribution < -0.4 is 5.32 Å². The fourth-order valence-corrected chi connectivity index (χ4v) is 2.60. The molecule has 0 spiro atoms. The van der Waals surface area contributed by atoms with E-state index >= 15 is 0 Å². The minimum absolute atomic E-state index is 0.386. The van der Waals surface area contributed by atoms with Crippen LogP contribution in [0.4, 0.5) is 0 Å². The second-order valence-electron chi connectivity index (χ2n) is 5.74. The molecule has 1 heterocycles. The summed E-state index contributed by atoms with van der Waals surface area (Å²) in [6, 6.07) is 16.6. The molecule has 0 radical (unpaired) electrons. The molecule has 0 aliphatic heterocycles. The van der Waals surface area contributed by atoms with Crippen molar-refractivity contribution in [3.63, 3.8) is 0 Å². The molecule has 5 nitrogen and oxygen atoms in total. The molecule has 0 saturated carbocycles. The molecule has 0 aliphatic rings. The van der Waals surface area contributed by atoms with Crippen molar-refractivity contribution in [1.82, 2.24) is 9.88 Å². The molecular formula is C19H18N2O3. The third kappa shape index (κ3) is 3.30. The highest BCUT2D eigenvalue weighted by atomic mass is 16.4. The number of amides is 1. The Morgan fingerprint density at radius 1 is 1.12 bits per heavy atom. The van der Waals surface area contributed by atoms with Gasteiger partial charge >= 0.3 is 5.97 Å². The molecule has 0 unspecified atom stereocenters. The van der Waals surface area contributed by atoms with Crippen molar-refractivity contribution >= 4 is 22.8 Å². The maximum absolute atomic E-state index is 12.1. The summed E-state index contributed by atoms with van der Waals surface area (Å²) in [5.74, 6) is -1.44. The van der Waals surface area contributed by atoms with Crippen LogP contribution >= 0.6 is 0 Å². The van der Waals surface area contributed by atoms with E-state index in [0.29, 0.717) is 5.56 Å². The zero-order valence-corrected chi connectivity index (χ0v) is 13.3. The van der Waals surface area contributed by atoms with Crippen LogP contribution in [0.5, 0.6) is 0 Å². The number of carbonyl (C=O) groups is 2. The number of nitrogens with one attached hydrogen (secondary N) is 1. The van der Waals surface area contributed by atoms with Crippen LogP contribution in [-0.4, -0.2) is 27.6 Å². The lowest BCUT2D eigenvalue weighted by molar-refractivity contribution is -0.138. The Labute approximate surface area is 139 Å². The number of hydrogen-bond acceptors (Lipinski definition) is 2. The summed E-state index contributed by atoms with van der Waals surface area (Å²) in [6.07, 6.45) is 1.99. The zero-order chi connectivity index (χ0) is 17.1. The maximum Gasteiger partial charge on any atom is 0.325 e. The van der Waals surface area contributed by atoms with Crippen molar-refractivity contribution in [2.24, 2.45) is 0 Å². The number of aliphatic carboxylic acids is 1. The van der Waals surface area contributed by atoms with Crippen molar-refractivity contribution in [2.45, 2.75) is 19.5 Å². The summed E-state index contributed by atoms with van der Waals surface area (Å²) in [4.78, 5) is 23.0. The number of carboxylic acids is 1. The number of fused-ring (bicyclic) bond motifs is 1. The number of carboxylic acid groups (broad SMARTS) is 1. The van der Waals surface area contributed by atoms with Gasteiger partial charge in [-0.25, -0.2) is 0 Å². The normalized spacial score (nSPS) is 12.0. The molecule has 3 aromatic rings. The van der Waals surface area contributed by atoms with Gasteiger partial charge in [0, 0.05) is 29.2 Å². The molecule has 122 valence electrons. The topological polar surface area (TPSA) is 71.3 Å². The van der Waals surface area contributed by atoms with Gasteiger partial charge in [-0.3, -0.25) is 9.59 Å². The van der Waals surface area contributed by atoms with Gasteiger partial charge < -0.3 is 15.0 Å². The largest absolute Gasteiger partial charge is 0.480 e. The lowest BCUT2D eigenvalue weighted by atomic mass is 10.1. The Hall–Kier alpha value is -3.08. The quantitative estimate of drug-likeness (QED) is 0.759. The van der Waals surface area contributed by atoms with Gasteiger partial charge in [0.2, 0.25) is 0 Å². The third-order valence-corrected chi connectivity index (χ3v) is 3.95. The zero-order valence-electron chi connectivity index (χ0n) is 13.3. The van der Waals surface area contributed by atoms with Crippen molar-refractivity contribution in [3.8, 4) is 0 Å². The molecule has 0 bridgehead atoms. The van der Waals surface area contributed by atoms with Crippen LogP contribution in [0.15, 0.2) is 60.8 Å². The summed E-state index contributed by atoms with van der Waals surface area (Å²) in [7, 11) is 0. The molecule has 1 aromatic heterocycles. The highest BCUT2D eigenvalue weighted by Crippen LogP contribution is 2.19. The average Bonchev–Trinajstić information content (AvgIpc) is 2.98. The van der Waals surface area contributed by atoms with Gasteiger partial charge in [-0.2, -0.15) is 0 Å². The fraction of sp³-hybridized carbons (Fsp3) is 0.158. The predicted molar refractivity (Wildman–Crippen MR) is 92.0 cm³/mol. The van der Waals surface area contributed by atoms with Gasteiger partial charge in [0.15, 0.2) is 0 Å².